The van der Waals surface area contributed by atoms with Gasteiger partial charge < -0.3 is 10.4 Å². The summed E-state index contributed by atoms with van der Waals surface area (Å²) in [7, 11) is -3.40. The molecule has 1 aromatic rings. The molecule has 1 saturated heterocycles. The third-order valence-corrected chi connectivity index (χ3v) is 5.07. The lowest BCUT2D eigenvalue weighted by Gasteiger charge is -2.24. The number of phenols is 1. The highest BCUT2D eigenvalue weighted by Gasteiger charge is 2.32. The van der Waals surface area contributed by atoms with Gasteiger partial charge in [-0.1, -0.05) is 12.1 Å². The Hall–Kier alpha value is -1.27. The van der Waals surface area contributed by atoms with Gasteiger partial charge in [-0.3, -0.25) is 4.31 Å². The van der Waals surface area contributed by atoms with Gasteiger partial charge in [0.2, 0.25) is 10.0 Å². The second-order valence-electron chi connectivity index (χ2n) is 4.12. The average Bonchev–Trinajstić information content (AvgIpc) is 2.41. The Bertz CT molecular complexity index is 501. The van der Waals surface area contributed by atoms with Crippen molar-refractivity contribution in [2.24, 2.45) is 0 Å². The van der Waals surface area contributed by atoms with E-state index in [4.69, 9.17) is 0 Å². The summed E-state index contributed by atoms with van der Waals surface area (Å²) in [4.78, 5) is 0. The number of phenolic OH excluding ortho intramolecular Hbond substituents is 1. The van der Waals surface area contributed by atoms with Crippen molar-refractivity contribution in [3.05, 3.63) is 24.3 Å². The van der Waals surface area contributed by atoms with Crippen molar-refractivity contribution in [1.29, 1.82) is 0 Å². The maximum Gasteiger partial charge on any atom is 0.239 e. The van der Waals surface area contributed by atoms with Gasteiger partial charge >= 0.3 is 0 Å². The van der Waals surface area contributed by atoms with E-state index in [0.29, 0.717) is 25.3 Å². The molecule has 0 spiro atoms. The normalized spacial score (nSPS) is 24.3. The van der Waals surface area contributed by atoms with Gasteiger partial charge in [-0.05, 0) is 19.1 Å². The number of aromatic hydroxyl groups is 1. The van der Waals surface area contributed by atoms with Crippen molar-refractivity contribution >= 4 is 15.7 Å². The highest BCUT2D eigenvalue weighted by Crippen LogP contribution is 2.30. The molecule has 0 saturated carbocycles. The van der Waals surface area contributed by atoms with Crippen molar-refractivity contribution in [3.8, 4) is 5.75 Å². The lowest BCUT2D eigenvalue weighted by atomic mass is 10.3. The van der Waals surface area contributed by atoms with Gasteiger partial charge in [-0.15, -0.1) is 0 Å². The second kappa shape index (κ2) is 4.54. The molecule has 5 nitrogen and oxygen atoms in total. The molecular formula is C11H16N2O3S. The third kappa shape index (κ3) is 2.23. The Balaban J connectivity index is 2.46. The zero-order valence-electron chi connectivity index (χ0n) is 9.63. The number of nitrogens with zero attached hydrogens (tertiary/aromatic N) is 1. The number of benzene rings is 1. The third-order valence-electron chi connectivity index (χ3n) is 2.89. The molecule has 1 fully saturated rings. The first-order chi connectivity index (χ1) is 8.03. The van der Waals surface area contributed by atoms with Crippen LogP contribution in [0.4, 0.5) is 5.69 Å². The molecule has 2 rings (SSSR count). The largest absolute Gasteiger partial charge is 0.506 e. The molecule has 1 heterocycles. The van der Waals surface area contributed by atoms with Crippen molar-refractivity contribution in [1.82, 2.24) is 5.32 Å². The van der Waals surface area contributed by atoms with Crippen LogP contribution in [-0.2, 0) is 10.0 Å². The van der Waals surface area contributed by atoms with Crippen LogP contribution < -0.4 is 9.62 Å². The molecule has 17 heavy (non-hydrogen) atoms. The SMILES string of the molecule is CC1CNCCN(c2ccccc2O)S1(=O)=O. The van der Waals surface area contributed by atoms with Gasteiger partial charge in [-0.25, -0.2) is 8.42 Å². The van der Waals surface area contributed by atoms with E-state index in [2.05, 4.69) is 5.32 Å². The molecule has 1 unspecified atom stereocenters. The molecule has 0 radical (unpaired) electrons. The Morgan fingerprint density at radius 1 is 1.41 bits per heavy atom. The fraction of sp³-hybridized carbons (Fsp3) is 0.455. The fourth-order valence-corrected chi connectivity index (χ4v) is 3.41. The van der Waals surface area contributed by atoms with Crippen LogP contribution in [0.1, 0.15) is 6.92 Å². The monoisotopic (exact) mass is 256 g/mol. The van der Waals surface area contributed by atoms with Crippen LogP contribution in [-0.4, -0.2) is 38.4 Å². The topological polar surface area (TPSA) is 69.6 Å². The van der Waals surface area contributed by atoms with E-state index in [0.717, 1.165) is 0 Å². The molecule has 1 aliphatic heterocycles. The van der Waals surface area contributed by atoms with E-state index in [-0.39, 0.29) is 5.75 Å². The van der Waals surface area contributed by atoms with Crippen molar-refractivity contribution in [2.75, 3.05) is 23.9 Å². The predicted octanol–water partition coefficient (Wildman–Crippen LogP) is 0.520. The smallest absolute Gasteiger partial charge is 0.239 e. The molecule has 0 aliphatic carbocycles. The minimum absolute atomic E-state index is 0.00910. The fourth-order valence-electron chi connectivity index (χ4n) is 1.87. The van der Waals surface area contributed by atoms with Gasteiger partial charge in [0, 0.05) is 19.6 Å². The zero-order valence-corrected chi connectivity index (χ0v) is 10.4. The molecule has 94 valence electrons. The van der Waals surface area contributed by atoms with Gasteiger partial charge in [0.25, 0.3) is 0 Å². The molecular weight excluding hydrogens is 240 g/mol. The van der Waals surface area contributed by atoms with Crippen LogP contribution >= 0.6 is 0 Å². The van der Waals surface area contributed by atoms with Crippen LogP contribution in [0, 0.1) is 0 Å². The molecule has 2 N–H and O–H groups in total. The Kier molecular flexibility index (Phi) is 3.26. The Morgan fingerprint density at radius 3 is 2.82 bits per heavy atom. The maximum absolute atomic E-state index is 12.3. The van der Waals surface area contributed by atoms with E-state index in [1.54, 1.807) is 25.1 Å². The number of para-hydroxylation sites is 2. The van der Waals surface area contributed by atoms with Crippen LogP contribution in [0.3, 0.4) is 0 Å². The predicted molar refractivity (Wildman–Crippen MR) is 66.7 cm³/mol. The Morgan fingerprint density at radius 2 is 2.12 bits per heavy atom. The van der Waals surface area contributed by atoms with Crippen LogP contribution in [0.25, 0.3) is 0 Å². The van der Waals surface area contributed by atoms with Crippen LogP contribution in [0.15, 0.2) is 24.3 Å². The van der Waals surface area contributed by atoms with Gasteiger partial charge in [0.1, 0.15) is 5.75 Å². The summed E-state index contributed by atoms with van der Waals surface area (Å²) in [5, 5.41) is 12.3. The van der Waals surface area contributed by atoms with E-state index in [9.17, 15) is 13.5 Å². The van der Waals surface area contributed by atoms with Gasteiger partial charge in [0.05, 0.1) is 10.9 Å². The number of hydrogen-bond acceptors (Lipinski definition) is 4. The second-order valence-corrected chi connectivity index (χ2v) is 6.40. The zero-order chi connectivity index (χ0) is 12.5. The molecule has 1 aromatic carbocycles. The highest BCUT2D eigenvalue weighted by atomic mass is 32.2. The number of sulfonamides is 1. The summed E-state index contributed by atoms with van der Waals surface area (Å²) in [6, 6.07) is 6.50. The summed E-state index contributed by atoms with van der Waals surface area (Å²) in [5.74, 6) is -0.00910. The summed E-state index contributed by atoms with van der Waals surface area (Å²) >= 11 is 0. The van der Waals surface area contributed by atoms with Gasteiger partial charge in [0.15, 0.2) is 0 Å². The first-order valence-corrected chi connectivity index (χ1v) is 7.04. The highest BCUT2D eigenvalue weighted by molar-refractivity contribution is 7.93. The molecule has 1 aliphatic rings. The quantitative estimate of drug-likeness (QED) is 0.768. The first kappa shape index (κ1) is 12.2. The lowest BCUT2D eigenvalue weighted by molar-refractivity contribution is 0.475. The Labute approximate surface area is 101 Å². The number of nitrogens with one attached hydrogen (secondary N) is 1. The van der Waals surface area contributed by atoms with Crippen LogP contribution in [0.2, 0.25) is 0 Å². The summed E-state index contributed by atoms with van der Waals surface area (Å²) in [6.45, 7) is 3.02. The van der Waals surface area contributed by atoms with E-state index >= 15 is 0 Å². The molecule has 0 bridgehead atoms. The summed E-state index contributed by atoms with van der Waals surface area (Å²) in [6.07, 6.45) is 0. The van der Waals surface area contributed by atoms with E-state index < -0.39 is 15.3 Å². The maximum atomic E-state index is 12.3. The number of rotatable bonds is 1. The molecule has 6 heteroatoms. The van der Waals surface area contributed by atoms with E-state index in [1.165, 1.54) is 10.4 Å². The van der Waals surface area contributed by atoms with Crippen molar-refractivity contribution < 1.29 is 13.5 Å². The summed E-state index contributed by atoms with van der Waals surface area (Å²) in [5.41, 5.74) is 0.350. The lowest BCUT2D eigenvalue weighted by Crippen LogP contribution is -2.37. The number of anilines is 1. The van der Waals surface area contributed by atoms with E-state index in [1.807, 2.05) is 0 Å². The number of hydrogen-bond donors (Lipinski definition) is 2. The molecule has 0 amide bonds. The minimum Gasteiger partial charge on any atom is -0.506 e. The molecule has 0 aromatic heterocycles. The van der Waals surface area contributed by atoms with Crippen molar-refractivity contribution in [3.63, 3.8) is 0 Å². The van der Waals surface area contributed by atoms with Crippen molar-refractivity contribution in [2.45, 2.75) is 12.2 Å². The average molecular weight is 256 g/mol. The molecule has 1 atom stereocenters. The van der Waals surface area contributed by atoms with Crippen LogP contribution in [0.5, 0.6) is 5.75 Å². The first-order valence-electron chi connectivity index (χ1n) is 5.54. The standard InChI is InChI=1S/C11H16N2O3S/c1-9-8-12-6-7-13(17(9,15)16)10-4-2-3-5-11(10)14/h2-5,9,12,14H,6-8H2,1H3. The van der Waals surface area contributed by atoms with Gasteiger partial charge in [-0.2, -0.15) is 0 Å². The minimum atomic E-state index is -3.40. The summed E-state index contributed by atoms with van der Waals surface area (Å²) < 4.78 is 25.8.